The van der Waals surface area contributed by atoms with Crippen molar-refractivity contribution in [3.05, 3.63) is 0 Å². The molecule has 4 N–H and O–H groups in total. The summed E-state index contributed by atoms with van der Waals surface area (Å²) in [4.78, 5) is 82.3. The van der Waals surface area contributed by atoms with E-state index in [1.54, 1.807) is 0 Å². The van der Waals surface area contributed by atoms with Crippen molar-refractivity contribution in [2.24, 2.45) is 11.8 Å². The molecule has 0 bridgehead atoms. The first kappa shape index (κ1) is 61.7. The summed E-state index contributed by atoms with van der Waals surface area (Å²) >= 11 is 0. The van der Waals surface area contributed by atoms with Crippen molar-refractivity contribution in [2.75, 3.05) is 92.4 Å². The number of ether oxygens (including phenoxy) is 6. The van der Waals surface area contributed by atoms with Gasteiger partial charge in [-0.3, -0.25) is 33.6 Å². The molecule has 0 aromatic rings. The number of amides is 2. The molecule has 378 valence electrons. The average molecular weight is 931 g/mol. The molecule has 1 atom stereocenters. The Morgan fingerprint density at radius 2 is 0.831 bits per heavy atom. The van der Waals surface area contributed by atoms with E-state index in [9.17, 15) is 38.7 Å². The maximum absolute atomic E-state index is 12.5. The first-order valence-electron chi connectivity index (χ1n) is 24.4. The maximum Gasteiger partial charge on any atom is 0.306 e. The Hall–Kier alpha value is -3.35. The van der Waals surface area contributed by atoms with Crippen molar-refractivity contribution >= 4 is 41.1 Å². The van der Waals surface area contributed by atoms with Gasteiger partial charge in [-0.05, 0) is 25.7 Å². The van der Waals surface area contributed by atoms with Gasteiger partial charge in [0.05, 0.1) is 58.8 Å². The first-order valence-corrected chi connectivity index (χ1v) is 24.4. The molecular weight excluding hydrogens is 845 g/mol. The lowest BCUT2D eigenvalue weighted by molar-refractivity contribution is -0.144. The highest BCUT2D eigenvalue weighted by molar-refractivity contribution is 5.84. The number of hydrogen-bond acceptors (Lipinski definition) is 13. The predicted octanol–water partition coefficient (Wildman–Crippen LogP) is 6.44. The third-order valence-electron chi connectivity index (χ3n) is 10.5. The van der Waals surface area contributed by atoms with Crippen LogP contribution >= 0.6 is 0 Å². The van der Waals surface area contributed by atoms with Gasteiger partial charge < -0.3 is 49.3 Å². The molecule has 0 rings (SSSR count). The fourth-order valence-corrected chi connectivity index (χ4v) is 6.53. The van der Waals surface area contributed by atoms with E-state index in [4.69, 9.17) is 33.5 Å². The molecular formula is C48H86N2O15. The molecule has 0 aliphatic rings. The van der Waals surface area contributed by atoms with Gasteiger partial charge in [0.2, 0.25) is 11.8 Å². The molecule has 0 radical (unpaired) electrons. The van der Waals surface area contributed by atoms with Crippen LogP contribution in [0, 0.1) is 11.8 Å². The molecule has 0 spiro atoms. The van der Waals surface area contributed by atoms with Gasteiger partial charge in [0.1, 0.15) is 25.6 Å². The molecule has 0 heterocycles. The summed E-state index contributed by atoms with van der Waals surface area (Å²) in [5, 5.41) is 23.6. The number of carboxylic acid groups (broad SMARTS) is 2. The van der Waals surface area contributed by atoms with Gasteiger partial charge in [0.15, 0.2) is 11.6 Å². The second kappa shape index (κ2) is 45.8. The van der Waals surface area contributed by atoms with Crippen molar-refractivity contribution in [1.29, 1.82) is 0 Å². The third kappa shape index (κ3) is 45.6. The van der Waals surface area contributed by atoms with Crippen LogP contribution < -0.4 is 10.6 Å². The highest BCUT2D eigenvalue weighted by atomic mass is 16.5. The number of carbonyl (C=O) groups excluding carboxylic acids is 5. The van der Waals surface area contributed by atoms with Crippen molar-refractivity contribution in [3.63, 3.8) is 0 Å². The standard InChI is InChI=1S/C48H86N2O15/c1-40(2)44(53)38-64-34-32-62-29-26-50-46(55)39-65-35-30-60-27-19-21-43(52)37-63-33-31-61-28-25-49-45(54)24-23-41(48(58)59)36-42(51)20-17-15-13-11-9-7-5-3-4-6-8-10-12-14-16-18-22-47(56)57/h40-41H,3-39H2,1-2H3,(H,49,54)(H,50,55)(H,56,57)(H,58,59)/t41-/m1/s1. The minimum Gasteiger partial charge on any atom is -0.481 e. The number of hydrogen-bond donors (Lipinski definition) is 4. The van der Waals surface area contributed by atoms with Crippen LogP contribution in [-0.2, 0) is 62.0 Å². The smallest absolute Gasteiger partial charge is 0.306 e. The summed E-state index contributed by atoms with van der Waals surface area (Å²) in [6, 6.07) is 0. The number of unbranched alkanes of at least 4 members (excludes halogenated alkanes) is 15. The summed E-state index contributed by atoms with van der Waals surface area (Å²) in [7, 11) is 0. The van der Waals surface area contributed by atoms with Crippen LogP contribution in [0.2, 0.25) is 0 Å². The number of nitrogens with one attached hydrogen (secondary N) is 2. The Kier molecular flexibility index (Phi) is 43.4. The van der Waals surface area contributed by atoms with E-state index in [1.807, 2.05) is 13.8 Å². The topological polar surface area (TPSA) is 239 Å². The Morgan fingerprint density at radius 3 is 1.32 bits per heavy atom. The molecule has 17 nitrogen and oxygen atoms in total. The van der Waals surface area contributed by atoms with Crippen LogP contribution in [0.3, 0.4) is 0 Å². The van der Waals surface area contributed by atoms with Gasteiger partial charge in [-0.1, -0.05) is 104 Å². The minimum absolute atomic E-state index is 0.00506. The molecule has 0 saturated carbocycles. The Bertz CT molecular complexity index is 1250. The fourth-order valence-electron chi connectivity index (χ4n) is 6.53. The van der Waals surface area contributed by atoms with E-state index < -0.39 is 17.9 Å². The first-order chi connectivity index (χ1) is 31.4. The van der Waals surface area contributed by atoms with Crippen molar-refractivity contribution < 1.29 is 72.2 Å². The monoisotopic (exact) mass is 931 g/mol. The lowest BCUT2D eigenvalue weighted by atomic mass is 9.94. The Morgan fingerprint density at radius 1 is 0.415 bits per heavy atom. The molecule has 0 aromatic heterocycles. The zero-order chi connectivity index (χ0) is 48.0. The van der Waals surface area contributed by atoms with Crippen LogP contribution in [0.25, 0.3) is 0 Å². The van der Waals surface area contributed by atoms with E-state index in [0.717, 1.165) is 44.9 Å². The number of aliphatic carboxylic acids is 2. The van der Waals surface area contributed by atoms with Crippen LogP contribution in [-0.4, -0.2) is 144 Å². The molecule has 0 aromatic carbocycles. The summed E-state index contributed by atoms with van der Waals surface area (Å²) < 4.78 is 32.1. The van der Waals surface area contributed by atoms with Gasteiger partial charge >= 0.3 is 11.9 Å². The van der Waals surface area contributed by atoms with Crippen LogP contribution in [0.15, 0.2) is 0 Å². The molecule has 2 amide bonds. The molecule has 0 fully saturated rings. The largest absolute Gasteiger partial charge is 0.481 e. The maximum atomic E-state index is 12.5. The van der Waals surface area contributed by atoms with Crippen LogP contribution in [0.5, 0.6) is 0 Å². The highest BCUT2D eigenvalue weighted by Gasteiger charge is 2.22. The van der Waals surface area contributed by atoms with Crippen molar-refractivity contribution in [1.82, 2.24) is 10.6 Å². The SMILES string of the molecule is CC(C)C(=O)COCCOCCNC(=O)COCCOCCCC(=O)COCCOCCNC(=O)CC[C@H](CC(=O)CCCCCCCCCCCCCCCCCCC(=O)O)C(=O)O. The lowest BCUT2D eigenvalue weighted by Crippen LogP contribution is -2.31. The number of ketones is 3. The van der Waals surface area contributed by atoms with Crippen LogP contribution in [0.1, 0.15) is 162 Å². The third-order valence-corrected chi connectivity index (χ3v) is 10.5. The fraction of sp³-hybridized carbons (Fsp3) is 0.854. The van der Waals surface area contributed by atoms with Gasteiger partial charge in [0, 0.05) is 57.7 Å². The second-order valence-corrected chi connectivity index (χ2v) is 16.8. The number of carbonyl (C=O) groups is 7. The predicted molar refractivity (Wildman–Crippen MR) is 246 cm³/mol. The number of carboxylic acids is 2. The zero-order valence-electron chi connectivity index (χ0n) is 40.0. The second-order valence-electron chi connectivity index (χ2n) is 16.8. The van der Waals surface area contributed by atoms with Gasteiger partial charge in [0.25, 0.3) is 0 Å². The summed E-state index contributed by atoms with van der Waals surface area (Å²) in [5.41, 5.74) is 0. The lowest BCUT2D eigenvalue weighted by Gasteiger charge is -2.12. The molecule has 65 heavy (non-hydrogen) atoms. The molecule has 0 aliphatic heterocycles. The van der Waals surface area contributed by atoms with Crippen LogP contribution in [0.4, 0.5) is 0 Å². The summed E-state index contributed by atoms with van der Waals surface area (Å²) in [6.07, 6.45) is 19.6. The van der Waals surface area contributed by atoms with Crippen molar-refractivity contribution in [2.45, 2.75) is 162 Å². The Labute approximate surface area is 388 Å². The van der Waals surface area contributed by atoms with E-state index in [0.29, 0.717) is 52.2 Å². The quantitative estimate of drug-likeness (QED) is 0.0480. The van der Waals surface area contributed by atoms with E-state index in [1.165, 1.54) is 57.8 Å². The van der Waals surface area contributed by atoms with Gasteiger partial charge in [-0.15, -0.1) is 0 Å². The average Bonchev–Trinajstić information content (AvgIpc) is 3.26. The van der Waals surface area contributed by atoms with Crippen molar-refractivity contribution in [3.8, 4) is 0 Å². The normalized spacial score (nSPS) is 11.7. The number of rotatable bonds is 51. The number of Topliss-reactive ketones (excluding diaryl/α,β-unsaturated/α-hetero) is 3. The van der Waals surface area contributed by atoms with E-state index in [-0.39, 0.29) is 120 Å². The molecule has 0 aliphatic carbocycles. The summed E-state index contributed by atoms with van der Waals surface area (Å²) in [5.74, 6) is -3.39. The highest BCUT2D eigenvalue weighted by Crippen LogP contribution is 2.17. The van der Waals surface area contributed by atoms with Gasteiger partial charge in [-0.2, -0.15) is 0 Å². The molecule has 0 saturated heterocycles. The molecule has 17 heteroatoms. The Balaban J connectivity index is 3.61. The zero-order valence-corrected chi connectivity index (χ0v) is 40.0. The summed E-state index contributed by atoms with van der Waals surface area (Å²) in [6.45, 7) is 6.65. The van der Waals surface area contributed by atoms with Gasteiger partial charge in [-0.25, -0.2) is 0 Å². The minimum atomic E-state index is -1.07. The van der Waals surface area contributed by atoms with E-state index >= 15 is 0 Å². The van der Waals surface area contributed by atoms with E-state index in [2.05, 4.69) is 10.6 Å². The molecule has 0 unspecified atom stereocenters.